The van der Waals surface area contributed by atoms with Gasteiger partial charge in [0.25, 0.3) is 0 Å². The molecule has 0 bridgehead atoms. The Kier molecular flexibility index (Phi) is 5.68. The highest BCUT2D eigenvalue weighted by atomic mass is 79.9. The van der Waals surface area contributed by atoms with Gasteiger partial charge < -0.3 is 10.2 Å². The summed E-state index contributed by atoms with van der Waals surface area (Å²) in [6, 6.07) is 8.30. The molecule has 17 heavy (non-hydrogen) atoms. The number of rotatable bonds is 4. The first-order valence-electron chi connectivity index (χ1n) is 6.15. The van der Waals surface area contributed by atoms with Crippen molar-refractivity contribution in [3.8, 4) is 0 Å². The third-order valence-corrected chi connectivity index (χ3v) is 4.67. The van der Waals surface area contributed by atoms with Gasteiger partial charge in [-0.05, 0) is 46.8 Å². The molecule has 0 amide bonds. The van der Waals surface area contributed by atoms with Crippen LogP contribution in [0.15, 0.2) is 28.7 Å². The zero-order valence-corrected chi connectivity index (χ0v) is 12.4. The quantitative estimate of drug-likeness (QED) is 0.918. The van der Waals surface area contributed by atoms with Crippen LogP contribution in [0.5, 0.6) is 0 Å². The second kappa shape index (κ2) is 7.29. The van der Waals surface area contributed by atoms with Crippen LogP contribution in [-0.4, -0.2) is 42.6 Å². The number of hydrogen-bond acceptors (Lipinski definition) is 3. The highest BCUT2D eigenvalue weighted by Gasteiger charge is 2.08. The van der Waals surface area contributed by atoms with Crippen LogP contribution in [0, 0.1) is 0 Å². The Bertz CT molecular complexity index is 338. The highest BCUT2D eigenvalue weighted by molar-refractivity contribution is 9.10. The van der Waals surface area contributed by atoms with Gasteiger partial charge in [0.05, 0.1) is 0 Å². The van der Waals surface area contributed by atoms with E-state index in [0.29, 0.717) is 0 Å². The maximum Gasteiger partial charge on any atom is 0.0485 e. The average Bonchev–Trinajstić information content (AvgIpc) is 2.60. The fourth-order valence-corrected chi connectivity index (χ4v) is 3.32. The zero-order valence-electron chi connectivity index (χ0n) is 9.99. The molecule has 1 N–H and O–H groups in total. The van der Waals surface area contributed by atoms with Crippen LogP contribution in [0.25, 0.3) is 0 Å². The number of halogens is 1. The normalized spacial score (nSPS) is 17.7. The van der Waals surface area contributed by atoms with Gasteiger partial charge in [-0.1, -0.05) is 12.1 Å². The minimum absolute atomic E-state index is 1.02. The van der Waals surface area contributed by atoms with Crippen molar-refractivity contribution in [1.82, 2.24) is 4.90 Å². The maximum atomic E-state index is 3.56. The SMILES string of the molecule is Brc1ccccc1NCCN1CCCSCC1. The first-order valence-corrected chi connectivity index (χ1v) is 8.09. The van der Waals surface area contributed by atoms with Crippen LogP contribution in [-0.2, 0) is 0 Å². The van der Waals surface area contributed by atoms with Crippen molar-refractivity contribution in [3.05, 3.63) is 28.7 Å². The van der Waals surface area contributed by atoms with Crippen LogP contribution in [0.2, 0.25) is 0 Å². The van der Waals surface area contributed by atoms with Crippen molar-refractivity contribution in [2.24, 2.45) is 0 Å². The van der Waals surface area contributed by atoms with Crippen molar-refractivity contribution < 1.29 is 0 Å². The van der Waals surface area contributed by atoms with E-state index in [9.17, 15) is 0 Å². The molecule has 1 saturated heterocycles. The average molecular weight is 315 g/mol. The molecule has 0 atom stereocenters. The summed E-state index contributed by atoms with van der Waals surface area (Å²) in [7, 11) is 0. The molecule has 0 spiro atoms. The molecule has 0 aromatic heterocycles. The predicted octanol–water partition coefficient (Wildman–Crippen LogP) is 3.30. The van der Waals surface area contributed by atoms with E-state index in [2.05, 4.69) is 56.1 Å². The fourth-order valence-electron chi connectivity index (χ4n) is 1.97. The molecule has 1 aromatic carbocycles. The number of para-hydroxylation sites is 1. The number of nitrogens with zero attached hydrogens (tertiary/aromatic N) is 1. The van der Waals surface area contributed by atoms with Crippen molar-refractivity contribution in [1.29, 1.82) is 0 Å². The number of hydrogen-bond donors (Lipinski definition) is 1. The van der Waals surface area contributed by atoms with Crippen molar-refractivity contribution >= 4 is 33.4 Å². The molecule has 2 nitrogen and oxygen atoms in total. The Labute approximate surface area is 116 Å². The molecule has 4 heteroatoms. The highest BCUT2D eigenvalue weighted by Crippen LogP contribution is 2.20. The Morgan fingerprint density at radius 1 is 1.24 bits per heavy atom. The molecule has 0 aliphatic carbocycles. The number of nitrogens with one attached hydrogen (secondary N) is 1. The van der Waals surface area contributed by atoms with E-state index in [1.54, 1.807) is 0 Å². The lowest BCUT2D eigenvalue weighted by molar-refractivity contribution is 0.307. The van der Waals surface area contributed by atoms with Crippen LogP contribution in [0.4, 0.5) is 5.69 Å². The summed E-state index contributed by atoms with van der Waals surface area (Å²) >= 11 is 5.64. The van der Waals surface area contributed by atoms with E-state index in [0.717, 1.165) is 17.6 Å². The Morgan fingerprint density at radius 2 is 2.12 bits per heavy atom. The van der Waals surface area contributed by atoms with Crippen LogP contribution in [0.1, 0.15) is 6.42 Å². The summed E-state index contributed by atoms with van der Waals surface area (Å²) in [6.07, 6.45) is 1.33. The largest absolute Gasteiger partial charge is 0.383 e. The Morgan fingerprint density at radius 3 is 3.00 bits per heavy atom. The Balaban J connectivity index is 1.73. The van der Waals surface area contributed by atoms with Gasteiger partial charge >= 0.3 is 0 Å². The number of thioether (sulfide) groups is 1. The molecular weight excluding hydrogens is 296 g/mol. The molecule has 2 rings (SSSR count). The van der Waals surface area contributed by atoms with Crippen molar-refractivity contribution in [2.45, 2.75) is 6.42 Å². The van der Waals surface area contributed by atoms with Crippen LogP contribution >= 0.6 is 27.7 Å². The first-order chi connectivity index (χ1) is 8.36. The molecule has 0 saturated carbocycles. The molecule has 1 fully saturated rings. The summed E-state index contributed by atoms with van der Waals surface area (Å²) in [6.45, 7) is 4.65. The van der Waals surface area contributed by atoms with E-state index >= 15 is 0 Å². The third-order valence-electron chi connectivity index (χ3n) is 2.93. The van der Waals surface area contributed by atoms with Crippen molar-refractivity contribution in [3.63, 3.8) is 0 Å². The van der Waals surface area contributed by atoms with Gasteiger partial charge in [0.2, 0.25) is 0 Å². The molecule has 1 aromatic rings. The van der Waals surface area contributed by atoms with Gasteiger partial charge in [-0.3, -0.25) is 0 Å². The van der Waals surface area contributed by atoms with Gasteiger partial charge in [-0.25, -0.2) is 0 Å². The monoisotopic (exact) mass is 314 g/mol. The van der Waals surface area contributed by atoms with E-state index < -0.39 is 0 Å². The van der Waals surface area contributed by atoms with E-state index in [4.69, 9.17) is 0 Å². The van der Waals surface area contributed by atoms with E-state index in [1.165, 1.54) is 36.7 Å². The first kappa shape index (κ1) is 13.2. The van der Waals surface area contributed by atoms with E-state index in [1.807, 2.05) is 6.07 Å². The summed E-state index contributed by atoms with van der Waals surface area (Å²) in [5.74, 6) is 2.61. The molecule has 94 valence electrons. The lowest BCUT2D eigenvalue weighted by Crippen LogP contribution is -2.31. The molecular formula is C13H19BrN2S. The van der Waals surface area contributed by atoms with Gasteiger partial charge in [-0.15, -0.1) is 0 Å². The number of benzene rings is 1. The van der Waals surface area contributed by atoms with Crippen molar-refractivity contribution in [2.75, 3.05) is 43.0 Å². The van der Waals surface area contributed by atoms with Gasteiger partial charge in [0, 0.05) is 35.5 Å². The molecule has 0 unspecified atom stereocenters. The number of anilines is 1. The Hall–Kier alpha value is -0.190. The van der Waals surface area contributed by atoms with Gasteiger partial charge in [0.1, 0.15) is 0 Å². The topological polar surface area (TPSA) is 15.3 Å². The second-order valence-electron chi connectivity index (χ2n) is 4.21. The summed E-state index contributed by atoms with van der Waals surface area (Å²) in [5.41, 5.74) is 1.19. The minimum atomic E-state index is 1.02. The van der Waals surface area contributed by atoms with Gasteiger partial charge in [0.15, 0.2) is 0 Å². The summed E-state index contributed by atoms with van der Waals surface area (Å²) < 4.78 is 1.14. The molecule has 1 aliphatic heterocycles. The fraction of sp³-hybridized carbons (Fsp3) is 0.538. The lowest BCUT2D eigenvalue weighted by Gasteiger charge is -2.20. The smallest absolute Gasteiger partial charge is 0.0485 e. The maximum absolute atomic E-state index is 3.56. The van der Waals surface area contributed by atoms with E-state index in [-0.39, 0.29) is 0 Å². The predicted molar refractivity (Wildman–Crippen MR) is 81.0 cm³/mol. The molecule has 1 aliphatic rings. The summed E-state index contributed by atoms with van der Waals surface area (Å²) in [4.78, 5) is 2.56. The third kappa shape index (κ3) is 4.53. The lowest BCUT2D eigenvalue weighted by atomic mass is 10.3. The summed E-state index contributed by atoms with van der Waals surface area (Å²) in [5, 5.41) is 3.49. The molecule has 0 radical (unpaired) electrons. The van der Waals surface area contributed by atoms with Crippen LogP contribution < -0.4 is 5.32 Å². The minimum Gasteiger partial charge on any atom is -0.383 e. The van der Waals surface area contributed by atoms with Crippen LogP contribution in [0.3, 0.4) is 0 Å². The standard InChI is InChI=1S/C13H19BrN2S/c14-12-4-1-2-5-13(12)15-6-8-16-7-3-10-17-11-9-16/h1-2,4-5,15H,3,6-11H2. The van der Waals surface area contributed by atoms with Gasteiger partial charge in [-0.2, -0.15) is 11.8 Å². The second-order valence-corrected chi connectivity index (χ2v) is 6.29. The molecule has 1 heterocycles. The zero-order chi connectivity index (χ0) is 11.9.